The molecular formula is C32H33NOS. The van der Waals surface area contributed by atoms with Crippen molar-refractivity contribution >= 4 is 32.2 Å². The van der Waals surface area contributed by atoms with E-state index in [0.717, 1.165) is 33.5 Å². The Morgan fingerprint density at radius 3 is 2.46 bits per heavy atom. The molecule has 0 spiro atoms. The molecular weight excluding hydrogens is 446 g/mol. The van der Waals surface area contributed by atoms with Crippen molar-refractivity contribution in [3.05, 3.63) is 82.9 Å². The number of phenolic OH excluding ortho intramolecular Hbond substituents is 1. The van der Waals surface area contributed by atoms with Gasteiger partial charge in [0.1, 0.15) is 5.75 Å². The first-order chi connectivity index (χ1) is 16.6. The molecule has 0 unspecified atom stereocenters. The van der Waals surface area contributed by atoms with Crippen LogP contribution in [0.2, 0.25) is 0 Å². The molecule has 0 saturated heterocycles. The predicted octanol–water partition coefficient (Wildman–Crippen LogP) is 9.29. The summed E-state index contributed by atoms with van der Waals surface area (Å²) in [6.07, 6.45) is 2.89. The Labute approximate surface area is 212 Å². The summed E-state index contributed by atoms with van der Waals surface area (Å²) in [5.41, 5.74) is 6.54. The van der Waals surface area contributed by atoms with E-state index in [-0.39, 0.29) is 5.41 Å². The number of hydrogen-bond donors (Lipinski definition) is 1. The Kier molecular flexibility index (Phi) is 5.93. The van der Waals surface area contributed by atoms with E-state index in [0.29, 0.717) is 11.7 Å². The lowest BCUT2D eigenvalue weighted by atomic mass is 9.82. The summed E-state index contributed by atoms with van der Waals surface area (Å²) in [6.45, 7) is 13.5. The van der Waals surface area contributed by atoms with E-state index in [1.165, 1.54) is 32.2 Å². The molecule has 0 aliphatic heterocycles. The Hall–Kier alpha value is -3.17. The van der Waals surface area contributed by atoms with Gasteiger partial charge < -0.3 is 5.11 Å². The van der Waals surface area contributed by atoms with Crippen LogP contribution >= 0.6 is 11.3 Å². The van der Waals surface area contributed by atoms with Crippen molar-refractivity contribution in [1.29, 1.82) is 0 Å². The van der Waals surface area contributed by atoms with Crippen LogP contribution in [-0.2, 0) is 11.8 Å². The third-order valence-corrected chi connectivity index (χ3v) is 7.95. The second-order valence-corrected chi connectivity index (χ2v) is 12.2. The zero-order valence-electron chi connectivity index (χ0n) is 21.4. The van der Waals surface area contributed by atoms with E-state index >= 15 is 0 Å². The number of thiophene rings is 1. The first-order valence-corrected chi connectivity index (χ1v) is 13.2. The van der Waals surface area contributed by atoms with Gasteiger partial charge in [-0.1, -0.05) is 65.0 Å². The highest BCUT2D eigenvalue weighted by Crippen LogP contribution is 2.46. The van der Waals surface area contributed by atoms with Crippen molar-refractivity contribution in [3.63, 3.8) is 0 Å². The highest BCUT2D eigenvalue weighted by atomic mass is 32.1. The number of aromatic hydroxyl groups is 1. The van der Waals surface area contributed by atoms with Gasteiger partial charge in [-0.25, -0.2) is 0 Å². The summed E-state index contributed by atoms with van der Waals surface area (Å²) in [4.78, 5) is 6.20. The van der Waals surface area contributed by atoms with Crippen LogP contribution in [0.15, 0.2) is 66.9 Å². The summed E-state index contributed by atoms with van der Waals surface area (Å²) >= 11 is 1.78. The molecule has 5 aromatic rings. The molecule has 178 valence electrons. The van der Waals surface area contributed by atoms with Crippen molar-refractivity contribution in [2.45, 2.75) is 53.4 Å². The predicted molar refractivity (Wildman–Crippen MR) is 152 cm³/mol. The highest BCUT2D eigenvalue weighted by Gasteiger charge is 2.22. The lowest BCUT2D eigenvalue weighted by Crippen LogP contribution is -2.12. The second kappa shape index (κ2) is 8.80. The first kappa shape index (κ1) is 23.6. The quantitative estimate of drug-likeness (QED) is 0.278. The topological polar surface area (TPSA) is 33.1 Å². The minimum absolute atomic E-state index is 0.0106. The molecule has 2 nitrogen and oxygen atoms in total. The van der Waals surface area contributed by atoms with Crippen LogP contribution in [0.4, 0.5) is 0 Å². The van der Waals surface area contributed by atoms with Crippen molar-refractivity contribution in [3.8, 4) is 28.1 Å². The van der Waals surface area contributed by atoms with Crippen LogP contribution in [0, 0.1) is 12.8 Å². The molecule has 0 aliphatic carbocycles. The van der Waals surface area contributed by atoms with Gasteiger partial charge in [0.05, 0.1) is 5.69 Å². The number of phenols is 1. The minimum atomic E-state index is -0.0106. The number of benzene rings is 3. The zero-order chi connectivity index (χ0) is 24.9. The van der Waals surface area contributed by atoms with Gasteiger partial charge in [-0.05, 0) is 82.3 Å². The standard InChI is InChI=1S/C32H33NOS/c1-19(2)16-26-20(3)35-31-24(26)13-14-28(34)29(31)25-12-9-15-33-30(25)22-17-21-10-7-8-11-23(21)27(18-22)32(4,5)6/h7-15,17-19,34H,16H2,1-6H3. The smallest absolute Gasteiger partial charge is 0.124 e. The zero-order valence-corrected chi connectivity index (χ0v) is 22.3. The molecule has 2 aromatic heterocycles. The van der Waals surface area contributed by atoms with Gasteiger partial charge in [-0.3, -0.25) is 4.98 Å². The van der Waals surface area contributed by atoms with Gasteiger partial charge in [0, 0.05) is 32.5 Å². The first-order valence-electron chi connectivity index (χ1n) is 12.4. The van der Waals surface area contributed by atoms with Crippen molar-refractivity contribution < 1.29 is 5.11 Å². The van der Waals surface area contributed by atoms with Crippen molar-refractivity contribution in [2.24, 2.45) is 5.92 Å². The number of nitrogens with zero attached hydrogens (tertiary/aromatic N) is 1. The van der Waals surface area contributed by atoms with Crippen LogP contribution in [-0.4, -0.2) is 10.1 Å². The highest BCUT2D eigenvalue weighted by molar-refractivity contribution is 7.19. The van der Waals surface area contributed by atoms with Gasteiger partial charge >= 0.3 is 0 Å². The molecule has 0 aliphatic rings. The van der Waals surface area contributed by atoms with E-state index in [4.69, 9.17) is 4.98 Å². The van der Waals surface area contributed by atoms with Crippen LogP contribution in [0.25, 0.3) is 43.2 Å². The van der Waals surface area contributed by atoms with Crippen LogP contribution < -0.4 is 0 Å². The summed E-state index contributed by atoms with van der Waals surface area (Å²) in [7, 11) is 0. The Bertz CT molecular complexity index is 1550. The van der Waals surface area contributed by atoms with Gasteiger partial charge in [0.25, 0.3) is 0 Å². The SMILES string of the molecule is Cc1sc2c(-c3cccnc3-c3cc(C(C)(C)C)c4ccccc4c3)c(O)ccc2c1CC(C)C. The fraction of sp³-hybridized carbons (Fsp3) is 0.281. The number of pyridine rings is 1. The number of rotatable bonds is 4. The molecule has 35 heavy (non-hydrogen) atoms. The monoisotopic (exact) mass is 479 g/mol. The average Bonchev–Trinajstić information content (AvgIpc) is 3.12. The molecule has 0 saturated carbocycles. The van der Waals surface area contributed by atoms with Crippen molar-refractivity contribution in [2.75, 3.05) is 0 Å². The van der Waals surface area contributed by atoms with Gasteiger partial charge in [-0.15, -0.1) is 11.3 Å². The molecule has 0 fully saturated rings. The number of fused-ring (bicyclic) bond motifs is 2. The molecule has 3 aromatic carbocycles. The molecule has 5 rings (SSSR count). The van der Waals surface area contributed by atoms with E-state index in [1.807, 2.05) is 18.3 Å². The normalized spacial score (nSPS) is 12.2. The van der Waals surface area contributed by atoms with Gasteiger partial charge in [-0.2, -0.15) is 0 Å². The van der Waals surface area contributed by atoms with Crippen LogP contribution in [0.5, 0.6) is 5.75 Å². The van der Waals surface area contributed by atoms with E-state index < -0.39 is 0 Å². The average molecular weight is 480 g/mol. The fourth-order valence-corrected chi connectivity index (χ4v) is 6.39. The van der Waals surface area contributed by atoms with Gasteiger partial charge in [0.15, 0.2) is 0 Å². The maximum Gasteiger partial charge on any atom is 0.124 e. The third kappa shape index (κ3) is 4.23. The summed E-state index contributed by atoms with van der Waals surface area (Å²) in [5, 5.41) is 14.9. The molecule has 3 heteroatoms. The molecule has 0 radical (unpaired) electrons. The number of aromatic nitrogens is 1. The lowest BCUT2D eigenvalue weighted by molar-refractivity contribution is 0.478. The maximum atomic E-state index is 11.1. The Morgan fingerprint density at radius 1 is 0.943 bits per heavy atom. The summed E-state index contributed by atoms with van der Waals surface area (Å²) in [5.74, 6) is 0.882. The van der Waals surface area contributed by atoms with Crippen molar-refractivity contribution in [1.82, 2.24) is 4.98 Å². The van der Waals surface area contributed by atoms with E-state index in [9.17, 15) is 5.11 Å². The molecule has 1 N–H and O–H groups in total. The Balaban J connectivity index is 1.80. The number of hydrogen-bond acceptors (Lipinski definition) is 3. The molecule has 0 atom stereocenters. The van der Waals surface area contributed by atoms with E-state index in [1.54, 1.807) is 11.3 Å². The maximum absolute atomic E-state index is 11.1. The largest absolute Gasteiger partial charge is 0.507 e. The van der Waals surface area contributed by atoms with E-state index in [2.05, 4.69) is 90.1 Å². The minimum Gasteiger partial charge on any atom is -0.507 e. The second-order valence-electron chi connectivity index (χ2n) is 11.0. The fourth-order valence-electron chi connectivity index (χ4n) is 5.15. The molecule has 2 heterocycles. The molecule has 0 amide bonds. The third-order valence-electron chi connectivity index (χ3n) is 6.77. The van der Waals surface area contributed by atoms with Gasteiger partial charge in [0.2, 0.25) is 0 Å². The summed E-state index contributed by atoms with van der Waals surface area (Å²) < 4.78 is 1.14. The van der Waals surface area contributed by atoms with Crippen LogP contribution in [0.3, 0.4) is 0 Å². The lowest BCUT2D eigenvalue weighted by Gasteiger charge is -2.23. The Morgan fingerprint density at radius 2 is 1.71 bits per heavy atom. The molecule has 0 bridgehead atoms. The van der Waals surface area contributed by atoms with Crippen LogP contribution in [0.1, 0.15) is 50.6 Å². The summed E-state index contributed by atoms with van der Waals surface area (Å²) in [6, 6.07) is 21.1. The number of aryl methyl sites for hydroxylation is 1.